The molecule has 2 aromatic rings. The van der Waals surface area contributed by atoms with Gasteiger partial charge >= 0.3 is 0 Å². The Morgan fingerprint density at radius 1 is 1.26 bits per heavy atom. The van der Waals surface area contributed by atoms with E-state index in [0.29, 0.717) is 0 Å². The fourth-order valence-electron chi connectivity index (χ4n) is 1.95. The molecule has 0 spiro atoms. The van der Waals surface area contributed by atoms with Crippen LogP contribution in [-0.2, 0) is 19.6 Å². The first kappa shape index (κ1) is 14.1. The van der Waals surface area contributed by atoms with E-state index in [1.165, 1.54) is 4.88 Å². The molecule has 2 heterocycles. The van der Waals surface area contributed by atoms with Crippen LogP contribution in [0.4, 0.5) is 0 Å². The predicted octanol–water partition coefficient (Wildman–Crippen LogP) is 2.20. The first-order chi connectivity index (χ1) is 9.19. The van der Waals surface area contributed by atoms with Crippen molar-refractivity contribution >= 4 is 11.3 Å². The zero-order valence-electron chi connectivity index (χ0n) is 11.7. The summed E-state index contributed by atoms with van der Waals surface area (Å²) in [4.78, 5) is 12.5. The molecule has 0 bridgehead atoms. The quantitative estimate of drug-likeness (QED) is 0.878. The SMILES string of the molecule is CNCc1cccc(CN(C)Cc2scnc2C)n1. The molecule has 2 rings (SSSR count). The molecule has 4 nitrogen and oxygen atoms in total. The smallest absolute Gasteiger partial charge is 0.0798 e. The molecular formula is C14H20N4S. The Hall–Kier alpha value is -1.30. The van der Waals surface area contributed by atoms with Crippen LogP contribution in [0.2, 0.25) is 0 Å². The second kappa shape index (κ2) is 6.75. The third kappa shape index (κ3) is 4.09. The summed E-state index contributed by atoms with van der Waals surface area (Å²) in [6.45, 7) is 4.65. The molecule has 0 aliphatic heterocycles. The lowest BCUT2D eigenvalue weighted by Crippen LogP contribution is -2.18. The molecule has 19 heavy (non-hydrogen) atoms. The summed E-state index contributed by atoms with van der Waals surface area (Å²) in [6.07, 6.45) is 0. The van der Waals surface area contributed by atoms with Crippen LogP contribution in [0, 0.1) is 6.92 Å². The molecular weight excluding hydrogens is 256 g/mol. The van der Waals surface area contributed by atoms with Gasteiger partial charge in [0.2, 0.25) is 0 Å². The minimum Gasteiger partial charge on any atom is -0.314 e. The molecule has 102 valence electrons. The minimum atomic E-state index is 0.811. The van der Waals surface area contributed by atoms with Crippen LogP contribution < -0.4 is 5.32 Å². The van der Waals surface area contributed by atoms with Crippen LogP contribution in [0.25, 0.3) is 0 Å². The summed E-state index contributed by atoms with van der Waals surface area (Å²) < 4.78 is 0. The van der Waals surface area contributed by atoms with Gasteiger partial charge in [-0.1, -0.05) is 6.07 Å². The average Bonchev–Trinajstić information content (AvgIpc) is 2.76. The Morgan fingerprint density at radius 3 is 2.74 bits per heavy atom. The van der Waals surface area contributed by atoms with Crippen molar-refractivity contribution in [2.75, 3.05) is 14.1 Å². The second-order valence-electron chi connectivity index (χ2n) is 4.68. The summed E-state index contributed by atoms with van der Waals surface area (Å²) >= 11 is 1.72. The molecule has 0 aliphatic carbocycles. The number of hydrogen-bond donors (Lipinski definition) is 1. The molecule has 1 N–H and O–H groups in total. The highest BCUT2D eigenvalue weighted by molar-refractivity contribution is 7.09. The molecule has 0 aromatic carbocycles. The lowest BCUT2D eigenvalue weighted by molar-refractivity contribution is 0.316. The van der Waals surface area contributed by atoms with Crippen LogP contribution in [0.3, 0.4) is 0 Å². The van der Waals surface area contributed by atoms with Crippen LogP contribution in [0.5, 0.6) is 0 Å². The largest absolute Gasteiger partial charge is 0.314 e. The van der Waals surface area contributed by atoms with E-state index in [4.69, 9.17) is 0 Å². The summed E-state index contributed by atoms with van der Waals surface area (Å²) in [5, 5.41) is 3.13. The van der Waals surface area contributed by atoms with Crippen LogP contribution in [-0.4, -0.2) is 29.0 Å². The van der Waals surface area contributed by atoms with Crippen LogP contribution >= 0.6 is 11.3 Å². The van der Waals surface area contributed by atoms with E-state index in [-0.39, 0.29) is 0 Å². The third-order valence-corrected chi connectivity index (χ3v) is 3.83. The lowest BCUT2D eigenvalue weighted by atomic mass is 10.2. The van der Waals surface area contributed by atoms with Crippen LogP contribution in [0.15, 0.2) is 23.7 Å². The average molecular weight is 276 g/mol. The van der Waals surface area contributed by atoms with Gasteiger partial charge in [0, 0.05) is 24.5 Å². The maximum atomic E-state index is 4.64. The van der Waals surface area contributed by atoms with E-state index < -0.39 is 0 Å². The first-order valence-corrected chi connectivity index (χ1v) is 7.24. The summed E-state index contributed by atoms with van der Waals surface area (Å²) in [7, 11) is 4.05. The Morgan fingerprint density at radius 2 is 2.05 bits per heavy atom. The molecule has 0 atom stereocenters. The second-order valence-corrected chi connectivity index (χ2v) is 5.62. The van der Waals surface area contributed by atoms with E-state index in [0.717, 1.165) is 36.7 Å². The van der Waals surface area contributed by atoms with Crippen molar-refractivity contribution in [3.63, 3.8) is 0 Å². The van der Waals surface area contributed by atoms with Crippen molar-refractivity contribution < 1.29 is 0 Å². The predicted molar refractivity (Wildman–Crippen MR) is 79.0 cm³/mol. The van der Waals surface area contributed by atoms with Gasteiger partial charge in [-0.2, -0.15) is 0 Å². The number of nitrogens with zero attached hydrogens (tertiary/aromatic N) is 3. The van der Waals surface area contributed by atoms with Crippen molar-refractivity contribution in [1.29, 1.82) is 0 Å². The minimum absolute atomic E-state index is 0.811. The Kier molecular flexibility index (Phi) is 5.01. The van der Waals surface area contributed by atoms with Crippen molar-refractivity contribution in [3.8, 4) is 0 Å². The number of rotatable bonds is 6. The summed E-state index contributed by atoms with van der Waals surface area (Å²) in [5.74, 6) is 0. The molecule has 0 radical (unpaired) electrons. The molecule has 2 aromatic heterocycles. The van der Waals surface area contributed by atoms with Crippen molar-refractivity contribution in [1.82, 2.24) is 20.2 Å². The Bertz CT molecular complexity index is 524. The fourth-order valence-corrected chi connectivity index (χ4v) is 2.81. The van der Waals surface area contributed by atoms with Gasteiger partial charge in [-0.15, -0.1) is 11.3 Å². The highest BCUT2D eigenvalue weighted by Crippen LogP contribution is 2.15. The Balaban J connectivity index is 1.96. The number of aryl methyl sites for hydroxylation is 1. The fraction of sp³-hybridized carbons (Fsp3) is 0.429. The number of pyridine rings is 1. The molecule has 0 saturated heterocycles. The Labute approximate surface area is 118 Å². The summed E-state index contributed by atoms with van der Waals surface area (Å²) in [5.41, 5.74) is 5.23. The van der Waals surface area contributed by atoms with E-state index in [2.05, 4.69) is 46.3 Å². The highest BCUT2D eigenvalue weighted by Gasteiger charge is 2.07. The van der Waals surface area contributed by atoms with Crippen molar-refractivity contribution in [2.45, 2.75) is 26.6 Å². The van der Waals surface area contributed by atoms with Crippen molar-refractivity contribution in [3.05, 3.63) is 45.7 Å². The van der Waals surface area contributed by atoms with E-state index in [9.17, 15) is 0 Å². The van der Waals surface area contributed by atoms with Crippen LogP contribution in [0.1, 0.15) is 22.0 Å². The molecule has 0 unspecified atom stereocenters. The molecule has 5 heteroatoms. The van der Waals surface area contributed by atoms with E-state index >= 15 is 0 Å². The zero-order valence-corrected chi connectivity index (χ0v) is 12.5. The van der Waals surface area contributed by atoms with Gasteiger partial charge in [-0.05, 0) is 33.2 Å². The lowest BCUT2D eigenvalue weighted by Gasteiger charge is -2.16. The van der Waals surface area contributed by atoms with Gasteiger partial charge < -0.3 is 5.32 Å². The topological polar surface area (TPSA) is 41.0 Å². The maximum absolute atomic E-state index is 4.64. The van der Waals surface area contributed by atoms with Gasteiger partial charge in [0.05, 0.1) is 22.6 Å². The normalized spacial score (nSPS) is 11.2. The standard InChI is InChI=1S/C14H20N4S/c1-11-14(19-10-16-11)9-18(3)8-13-6-4-5-12(17-13)7-15-2/h4-6,10,15H,7-9H2,1-3H3. The van der Waals surface area contributed by atoms with Gasteiger partial charge in [-0.3, -0.25) is 9.88 Å². The van der Waals surface area contributed by atoms with Gasteiger partial charge in [0.1, 0.15) is 0 Å². The zero-order chi connectivity index (χ0) is 13.7. The van der Waals surface area contributed by atoms with Gasteiger partial charge in [0.25, 0.3) is 0 Å². The number of aromatic nitrogens is 2. The highest BCUT2D eigenvalue weighted by atomic mass is 32.1. The number of nitrogens with one attached hydrogen (secondary N) is 1. The molecule has 0 saturated carbocycles. The van der Waals surface area contributed by atoms with Gasteiger partial charge in [-0.25, -0.2) is 4.98 Å². The monoisotopic (exact) mass is 276 g/mol. The number of thiazole rings is 1. The first-order valence-electron chi connectivity index (χ1n) is 6.36. The molecule has 0 fully saturated rings. The van der Waals surface area contributed by atoms with Gasteiger partial charge in [0.15, 0.2) is 0 Å². The molecule has 0 aliphatic rings. The maximum Gasteiger partial charge on any atom is 0.0798 e. The third-order valence-electron chi connectivity index (χ3n) is 2.91. The van der Waals surface area contributed by atoms with Crippen molar-refractivity contribution in [2.24, 2.45) is 0 Å². The molecule has 0 amide bonds. The number of hydrogen-bond acceptors (Lipinski definition) is 5. The summed E-state index contributed by atoms with van der Waals surface area (Å²) in [6, 6.07) is 6.20. The van der Waals surface area contributed by atoms with E-state index in [1.807, 2.05) is 18.6 Å². The van der Waals surface area contributed by atoms with E-state index in [1.54, 1.807) is 11.3 Å².